The standard InChI is InChI=1S/C22H29N3O2/c1-5-16(4)19-10-8-9-11-20(19)24-22(27)21(26)23-17-12-14-18(15-13-17)25(6-2)7-3/h8-16H,5-7H2,1-4H3,(H,23,26)(H,24,27). The van der Waals surface area contributed by atoms with Crippen molar-refractivity contribution in [1.82, 2.24) is 0 Å². The molecule has 0 saturated carbocycles. The second-order valence-corrected chi connectivity index (χ2v) is 6.52. The van der Waals surface area contributed by atoms with Crippen LogP contribution in [0.5, 0.6) is 0 Å². The van der Waals surface area contributed by atoms with Gasteiger partial charge in [0.15, 0.2) is 0 Å². The zero-order chi connectivity index (χ0) is 19.8. The zero-order valence-corrected chi connectivity index (χ0v) is 16.6. The Morgan fingerprint density at radius 2 is 1.48 bits per heavy atom. The molecule has 0 heterocycles. The first-order valence-corrected chi connectivity index (χ1v) is 9.56. The van der Waals surface area contributed by atoms with Gasteiger partial charge in [0.2, 0.25) is 0 Å². The Labute approximate surface area is 161 Å². The number of amides is 2. The molecule has 0 saturated heterocycles. The molecule has 0 spiro atoms. The minimum Gasteiger partial charge on any atom is -0.372 e. The summed E-state index contributed by atoms with van der Waals surface area (Å²) >= 11 is 0. The van der Waals surface area contributed by atoms with Gasteiger partial charge in [-0.2, -0.15) is 0 Å². The van der Waals surface area contributed by atoms with Crippen LogP contribution in [-0.2, 0) is 9.59 Å². The molecular formula is C22H29N3O2. The fraction of sp³-hybridized carbons (Fsp3) is 0.364. The molecule has 0 aliphatic carbocycles. The molecule has 1 atom stereocenters. The highest BCUT2D eigenvalue weighted by Crippen LogP contribution is 2.26. The molecule has 27 heavy (non-hydrogen) atoms. The molecule has 5 heteroatoms. The molecule has 2 aromatic carbocycles. The molecule has 2 rings (SSSR count). The second-order valence-electron chi connectivity index (χ2n) is 6.52. The minimum absolute atomic E-state index is 0.303. The molecule has 0 radical (unpaired) electrons. The molecule has 0 aromatic heterocycles. The van der Waals surface area contributed by atoms with E-state index in [-0.39, 0.29) is 0 Å². The minimum atomic E-state index is -0.676. The number of hydrogen-bond donors (Lipinski definition) is 2. The van der Waals surface area contributed by atoms with Crippen LogP contribution >= 0.6 is 0 Å². The van der Waals surface area contributed by atoms with Crippen molar-refractivity contribution in [2.45, 2.75) is 40.0 Å². The molecule has 2 N–H and O–H groups in total. The molecule has 1 unspecified atom stereocenters. The Bertz CT molecular complexity index is 767. The van der Waals surface area contributed by atoms with E-state index >= 15 is 0 Å². The molecule has 2 aromatic rings. The summed E-state index contributed by atoms with van der Waals surface area (Å²) in [6.45, 7) is 10.2. The largest absolute Gasteiger partial charge is 0.372 e. The third-order valence-electron chi connectivity index (χ3n) is 4.81. The van der Waals surface area contributed by atoms with Gasteiger partial charge in [-0.15, -0.1) is 0 Å². The number of nitrogens with one attached hydrogen (secondary N) is 2. The highest BCUT2D eigenvalue weighted by Gasteiger charge is 2.17. The number of carbonyl (C=O) groups is 2. The molecule has 5 nitrogen and oxygen atoms in total. The Balaban J connectivity index is 2.03. The van der Waals surface area contributed by atoms with Crippen LogP contribution in [0, 0.1) is 0 Å². The average molecular weight is 367 g/mol. The molecule has 0 bridgehead atoms. The van der Waals surface area contributed by atoms with Crippen LogP contribution in [0.1, 0.15) is 45.6 Å². The Hall–Kier alpha value is -2.82. The smallest absolute Gasteiger partial charge is 0.314 e. The molecule has 144 valence electrons. The van der Waals surface area contributed by atoms with Gasteiger partial charge in [-0.25, -0.2) is 0 Å². The van der Waals surface area contributed by atoms with Gasteiger partial charge in [-0.3, -0.25) is 9.59 Å². The highest BCUT2D eigenvalue weighted by atomic mass is 16.2. The van der Waals surface area contributed by atoms with Crippen LogP contribution in [0.25, 0.3) is 0 Å². The van der Waals surface area contributed by atoms with E-state index in [0.29, 0.717) is 17.3 Å². The lowest BCUT2D eigenvalue weighted by Crippen LogP contribution is -2.29. The quantitative estimate of drug-likeness (QED) is 0.702. The predicted octanol–water partition coefficient (Wildman–Crippen LogP) is 4.62. The van der Waals surface area contributed by atoms with Crippen LogP contribution in [0.15, 0.2) is 48.5 Å². The lowest BCUT2D eigenvalue weighted by atomic mass is 9.97. The third kappa shape index (κ3) is 5.33. The maximum absolute atomic E-state index is 12.3. The summed E-state index contributed by atoms with van der Waals surface area (Å²) in [4.78, 5) is 26.8. The monoisotopic (exact) mass is 367 g/mol. The summed E-state index contributed by atoms with van der Waals surface area (Å²) in [6.07, 6.45) is 0.956. The number of para-hydroxylation sites is 1. The van der Waals surface area contributed by atoms with Gasteiger partial charge in [-0.1, -0.05) is 32.0 Å². The van der Waals surface area contributed by atoms with E-state index in [9.17, 15) is 9.59 Å². The van der Waals surface area contributed by atoms with Crippen molar-refractivity contribution in [3.8, 4) is 0 Å². The van der Waals surface area contributed by atoms with E-state index in [0.717, 1.165) is 30.8 Å². The van der Waals surface area contributed by atoms with Crippen LogP contribution in [0.4, 0.5) is 17.1 Å². The summed E-state index contributed by atoms with van der Waals surface area (Å²) < 4.78 is 0. The van der Waals surface area contributed by atoms with Crippen LogP contribution < -0.4 is 15.5 Å². The van der Waals surface area contributed by atoms with Gasteiger partial charge >= 0.3 is 11.8 Å². The van der Waals surface area contributed by atoms with Crippen LogP contribution in [0.2, 0.25) is 0 Å². The molecule has 0 fully saturated rings. The predicted molar refractivity (Wildman–Crippen MR) is 112 cm³/mol. The molecule has 0 aliphatic heterocycles. The van der Waals surface area contributed by atoms with E-state index in [2.05, 4.69) is 43.2 Å². The van der Waals surface area contributed by atoms with Crippen molar-refractivity contribution in [2.75, 3.05) is 28.6 Å². The van der Waals surface area contributed by atoms with Gasteiger partial charge in [0.05, 0.1) is 0 Å². The van der Waals surface area contributed by atoms with E-state index < -0.39 is 11.8 Å². The topological polar surface area (TPSA) is 61.4 Å². The van der Waals surface area contributed by atoms with Crippen molar-refractivity contribution in [3.63, 3.8) is 0 Å². The van der Waals surface area contributed by atoms with Crippen molar-refractivity contribution in [1.29, 1.82) is 0 Å². The number of carbonyl (C=O) groups excluding carboxylic acids is 2. The van der Waals surface area contributed by atoms with E-state index in [1.807, 2.05) is 48.5 Å². The van der Waals surface area contributed by atoms with Gasteiger partial charge in [-0.05, 0) is 62.1 Å². The number of rotatable bonds is 7. The summed E-state index contributed by atoms with van der Waals surface area (Å²) in [5.41, 5.74) is 3.40. The van der Waals surface area contributed by atoms with Gasteiger partial charge < -0.3 is 15.5 Å². The van der Waals surface area contributed by atoms with Gasteiger partial charge in [0.25, 0.3) is 0 Å². The maximum Gasteiger partial charge on any atom is 0.314 e. The highest BCUT2D eigenvalue weighted by molar-refractivity contribution is 6.43. The van der Waals surface area contributed by atoms with Crippen molar-refractivity contribution >= 4 is 28.9 Å². The van der Waals surface area contributed by atoms with E-state index in [4.69, 9.17) is 0 Å². The first kappa shape index (κ1) is 20.5. The SMILES string of the molecule is CCC(C)c1ccccc1NC(=O)C(=O)Nc1ccc(N(CC)CC)cc1. The van der Waals surface area contributed by atoms with E-state index in [1.165, 1.54) is 0 Å². The van der Waals surface area contributed by atoms with Gasteiger partial charge in [0.1, 0.15) is 0 Å². The summed E-state index contributed by atoms with van der Waals surface area (Å²) in [6, 6.07) is 15.1. The first-order chi connectivity index (χ1) is 13.0. The molecular weight excluding hydrogens is 338 g/mol. The van der Waals surface area contributed by atoms with Crippen LogP contribution in [-0.4, -0.2) is 24.9 Å². The third-order valence-corrected chi connectivity index (χ3v) is 4.81. The zero-order valence-electron chi connectivity index (χ0n) is 16.6. The van der Waals surface area contributed by atoms with E-state index in [1.54, 1.807) is 0 Å². The van der Waals surface area contributed by atoms with Gasteiger partial charge in [0, 0.05) is 30.2 Å². The molecule has 2 amide bonds. The average Bonchev–Trinajstić information content (AvgIpc) is 2.70. The number of benzene rings is 2. The summed E-state index contributed by atoms with van der Waals surface area (Å²) in [7, 11) is 0. The number of anilines is 3. The lowest BCUT2D eigenvalue weighted by Gasteiger charge is -2.21. The van der Waals surface area contributed by atoms with Crippen LogP contribution in [0.3, 0.4) is 0 Å². The molecule has 0 aliphatic rings. The lowest BCUT2D eigenvalue weighted by molar-refractivity contribution is -0.133. The fourth-order valence-electron chi connectivity index (χ4n) is 2.97. The summed E-state index contributed by atoms with van der Waals surface area (Å²) in [5, 5.41) is 5.39. The number of nitrogens with zero attached hydrogens (tertiary/aromatic N) is 1. The normalized spacial score (nSPS) is 11.6. The van der Waals surface area contributed by atoms with Crippen molar-refractivity contribution in [3.05, 3.63) is 54.1 Å². The number of hydrogen-bond acceptors (Lipinski definition) is 3. The first-order valence-electron chi connectivity index (χ1n) is 9.56. The van der Waals surface area contributed by atoms with Crippen molar-refractivity contribution < 1.29 is 9.59 Å². The Morgan fingerprint density at radius 3 is 2.07 bits per heavy atom. The Kier molecular flexibility index (Phi) is 7.41. The fourth-order valence-corrected chi connectivity index (χ4v) is 2.97. The van der Waals surface area contributed by atoms with Crippen molar-refractivity contribution in [2.24, 2.45) is 0 Å². The summed E-state index contributed by atoms with van der Waals surface area (Å²) in [5.74, 6) is -1.04. The second kappa shape index (κ2) is 9.76. The Morgan fingerprint density at radius 1 is 0.889 bits per heavy atom. The maximum atomic E-state index is 12.3.